The fourth-order valence-corrected chi connectivity index (χ4v) is 2.20. The predicted octanol–water partition coefficient (Wildman–Crippen LogP) is 1.86. The average Bonchev–Trinajstić information content (AvgIpc) is 2.30. The third-order valence-corrected chi connectivity index (χ3v) is 3.22. The highest BCUT2D eigenvalue weighted by atomic mass is 15.3. The zero-order valence-electron chi connectivity index (χ0n) is 9.08. The molecule has 2 nitrogen and oxygen atoms in total. The van der Waals surface area contributed by atoms with Crippen molar-refractivity contribution in [2.24, 2.45) is 0 Å². The van der Waals surface area contributed by atoms with E-state index in [0.29, 0.717) is 0 Å². The number of allylic oxidation sites excluding steroid dienone is 4. The lowest BCUT2D eigenvalue weighted by molar-refractivity contribution is 0.162. The van der Waals surface area contributed by atoms with Crippen molar-refractivity contribution in [1.82, 2.24) is 9.80 Å². The Balaban J connectivity index is 1.88. The molecule has 0 spiro atoms. The first-order valence-electron chi connectivity index (χ1n) is 5.73. The van der Waals surface area contributed by atoms with Crippen molar-refractivity contribution in [1.29, 1.82) is 0 Å². The van der Waals surface area contributed by atoms with Crippen LogP contribution >= 0.6 is 0 Å². The molecule has 1 aliphatic heterocycles. The van der Waals surface area contributed by atoms with E-state index in [1.807, 2.05) is 0 Å². The molecule has 14 heavy (non-hydrogen) atoms. The Labute approximate surface area is 86.9 Å². The summed E-state index contributed by atoms with van der Waals surface area (Å²) in [5.41, 5.74) is 1.54. The van der Waals surface area contributed by atoms with Gasteiger partial charge in [0.05, 0.1) is 0 Å². The second-order valence-electron chi connectivity index (χ2n) is 4.05. The van der Waals surface area contributed by atoms with Crippen LogP contribution in [0.5, 0.6) is 0 Å². The van der Waals surface area contributed by atoms with Crippen LogP contribution in [0.25, 0.3) is 0 Å². The molecule has 0 aromatic heterocycles. The van der Waals surface area contributed by atoms with Gasteiger partial charge < -0.3 is 9.80 Å². The summed E-state index contributed by atoms with van der Waals surface area (Å²) < 4.78 is 0. The molecule has 1 aliphatic carbocycles. The van der Waals surface area contributed by atoms with Crippen LogP contribution in [0.2, 0.25) is 0 Å². The molecular formula is C12H20N2. The summed E-state index contributed by atoms with van der Waals surface area (Å²) in [7, 11) is 0. The minimum absolute atomic E-state index is 1.20. The third kappa shape index (κ3) is 2.18. The highest BCUT2D eigenvalue weighted by Gasteiger charge is 2.17. The number of hydrogen-bond donors (Lipinski definition) is 0. The van der Waals surface area contributed by atoms with E-state index < -0.39 is 0 Å². The van der Waals surface area contributed by atoms with E-state index in [1.54, 1.807) is 5.70 Å². The molecule has 0 radical (unpaired) electrons. The lowest BCUT2D eigenvalue weighted by atomic mass is 10.1. The van der Waals surface area contributed by atoms with E-state index in [2.05, 4.69) is 35.0 Å². The number of rotatable bonds is 2. The fraction of sp³-hybridized carbons (Fsp3) is 0.667. The fourth-order valence-electron chi connectivity index (χ4n) is 2.20. The number of hydrogen-bond acceptors (Lipinski definition) is 2. The number of likely N-dealkylation sites (N-methyl/N-ethyl adjacent to an activating group) is 1. The molecular weight excluding hydrogens is 172 g/mol. The molecule has 0 bridgehead atoms. The quantitative estimate of drug-likeness (QED) is 0.659. The van der Waals surface area contributed by atoms with Gasteiger partial charge in [-0.1, -0.05) is 19.1 Å². The largest absolute Gasteiger partial charge is 0.372 e. The van der Waals surface area contributed by atoms with Crippen LogP contribution in [0.3, 0.4) is 0 Å². The van der Waals surface area contributed by atoms with Crippen molar-refractivity contribution in [3.63, 3.8) is 0 Å². The smallest absolute Gasteiger partial charge is 0.0303 e. The Kier molecular flexibility index (Phi) is 3.25. The van der Waals surface area contributed by atoms with Gasteiger partial charge >= 0.3 is 0 Å². The van der Waals surface area contributed by atoms with Crippen molar-refractivity contribution >= 4 is 0 Å². The topological polar surface area (TPSA) is 6.48 Å². The van der Waals surface area contributed by atoms with Gasteiger partial charge in [0, 0.05) is 31.9 Å². The summed E-state index contributed by atoms with van der Waals surface area (Å²) in [6, 6.07) is 0. The summed E-state index contributed by atoms with van der Waals surface area (Å²) in [5.74, 6) is 0. The van der Waals surface area contributed by atoms with Crippen LogP contribution < -0.4 is 0 Å². The Morgan fingerprint density at radius 2 is 2.00 bits per heavy atom. The van der Waals surface area contributed by atoms with Gasteiger partial charge in [-0.25, -0.2) is 0 Å². The summed E-state index contributed by atoms with van der Waals surface area (Å²) in [5, 5.41) is 0. The van der Waals surface area contributed by atoms with Gasteiger partial charge in [-0.3, -0.25) is 0 Å². The van der Waals surface area contributed by atoms with E-state index >= 15 is 0 Å². The molecule has 0 saturated carbocycles. The van der Waals surface area contributed by atoms with E-state index in [4.69, 9.17) is 0 Å². The zero-order chi connectivity index (χ0) is 9.80. The van der Waals surface area contributed by atoms with Gasteiger partial charge in [-0.05, 0) is 25.5 Å². The molecule has 1 heterocycles. The molecule has 2 aliphatic rings. The molecule has 0 aromatic carbocycles. The van der Waals surface area contributed by atoms with Crippen LogP contribution in [0.15, 0.2) is 23.9 Å². The van der Waals surface area contributed by atoms with Crippen LogP contribution in [0.1, 0.15) is 19.8 Å². The van der Waals surface area contributed by atoms with Crippen molar-refractivity contribution in [3.8, 4) is 0 Å². The maximum absolute atomic E-state index is 2.55. The Morgan fingerprint density at radius 1 is 1.21 bits per heavy atom. The van der Waals surface area contributed by atoms with Gasteiger partial charge in [0.25, 0.3) is 0 Å². The maximum Gasteiger partial charge on any atom is 0.0303 e. The highest BCUT2D eigenvalue weighted by molar-refractivity contribution is 5.17. The lowest BCUT2D eigenvalue weighted by Gasteiger charge is -2.37. The second kappa shape index (κ2) is 4.65. The summed E-state index contributed by atoms with van der Waals surface area (Å²) in [6.07, 6.45) is 9.20. The van der Waals surface area contributed by atoms with Crippen molar-refractivity contribution in [3.05, 3.63) is 23.9 Å². The van der Waals surface area contributed by atoms with Crippen LogP contribution in [0.4, 0.5) is 0 Å². The normalized spacial score (nSPS) is 23.8. The Morgan fingerprint density at radius 3 is 2.57 bits per heavy atom. The highest BCUT2D eigenvalue weighted by Crippen LogP contribution is 2.18. The summed E-state index contributed by atoms with van der Waals surface area (Å²) >= 11 is 0. The molecule has 0 unspecified atom stereocenters. The van der Waals surface area contributed by atoms with E-state index in [9.17, 15) is 0 Å². The number of nitrogens with zero attached hydrogens (tertiary/aromatic N) is 2. The second-order valence-corrected chi connectivity index (χ2v) is 4.05. The lowest BCUT2D eigenvalue weighted by Crippen LogP contribution is -2.45. The summed E-state index contributed by atoms with van der Waals surface area (Å²) in [4.78, 5) is 5.07. The minimum Gasteiger partial charge on any atom is -0.372 e. The molecule has 2 rings (SSSR count). The molecule has 78 valence electrons. The molecule has 0 atom stereocenters. The van der Waals surface area contributed by atoms with Crippen molar-refractivity contribution in [2.45, 2.75) is 19.8 Å². The van der Waals surface area contributed by atoms with Gasteiger partial charge in [-0.2, -0.15) is 0 Å². The molecule has 1 saturated heterocycles. The van der Waals surface area contributed by atoms with Crippen LogP contribution in [-0.2, 0) is 0 Å². The molecule has 0 amide bonds. The standard InChI is InChI=1S/C12H20N2/c1-2-13-8-10-14(11-9-13)12-6-4-3-5-7-12/h3-4,6H,2,5,7-11H2,1H3. The predicted molar refractivity (Wildman–Crippen MR) is 60.1 cm³/mol. The van der Waals surface area contributed by atoms with Crippen molar-refractivity contribution in [2.75, 3.05) is 32.7 Å². The third-order valence-electron chi connectivity index (χ3n) is 3.22. The molecule has 0 aromatic rings. The number of piperazine rings is 1. The van der Waals surface area contributed by atoms with Crippen molar-refractivity contribution < 1.29 is 0 Å². The zero-order valence-corrected chi connectivity index (χ0v) is 9.08. The SMILES string of the molecule is CCN1CCN(C2=CC=CCC2)CC1. The van der Waals surface area contributed by atoms with Gasteiger partial charge in [0.2, 0.25) is 0 Å². The van der Waals surface area contributed by atoms with Crippen LogP contribution in [0, 0.1) is 0 Å². The molecule has 2 heteroatoms. The first-order chi connectivity index (χ1) is 6.90. The summed E-state index contributed by atoms with van der Waals surface area (Å²) in [6.45, 7) is 8.35. The van der Waals surface area contributed by atoms with Gasteiger partial charge in [0.15, 0.2) is 0 Å². The van der Waals surface area contributed by atoms with E-state index in [1.165, 1.54) is 45.6 Å². The maximum atomic E-state index is 2.55. The molecule has 1 fully saturated rings. The Bertz CT molecular complexity index is 235. The molecule has 0 N–H and O–H groups in total. The van der Waals surface area contributed by atoms with Crippen LogP contribution in [-0.4, -0.2) is 42.5 Å². The first-order valence-corrected chi connectivity index (χ1v) is 5.73. The Hall–Kier alpha value is -0.760. The van der Waals surface area contributed by atoms with E-state index in [-0.39, 0.29) is 0 Å². The first kappa shape index (κ1) is 9.78. The van der Waals surface area contributed by atoms with Gasteiger partial charge in [0.1, 0.15) is 0 Å². The van der Waals surface area contributed by atoms with E-state index in [0.717, 1.165) is 0 Å². The monoisotopic (exact) mass is 192 g/mol. The average molecular weight is 192 g/mol. The minimum atomic E-state index is 1.20. The van der Waals surface area contributed by atoms with Gasteiger partial charge in [-0.15, -0.1) is 0 Å².